The molecule has 106 valence electrons. The number of carboxylic acids is 1. The van der Waals surface area contributed by atoms with Crippen molar-refractivity contribution < 1.29 is 9.90 Å². The van der Waals surface area contributed by atoms with Gasteiger partial charge in [0.05, 0.1) is 23.1 Å². The maximum Gasteiger partial charge on any atom is 0.307 e. The first-order chi connectivity index (χ1) is 10.1. The van der Waals surface area contributed by atoms with E-state index in [2.05, 4.69) is 0 Å². The number of carboxylic acid groups (broad SMARTS) is 1. The monoisotopic (exact) mass is 299 g/mol. The van der Waals surface area contributed by atoms with Crippen molar-refractivity contribution in [3.63, 3.8) is 0 Å². The Balaban J connectivity index is 2.01. The molecule has 0 spiro atoms. The van der Waals surface area contributed by atoms with Gasteiger partial charge < -0.3 is 5.11 Å². The summed E-state index contributed by atoms with van der Waals surface area (Å²) in [6.45, 7) is 0.404. The molecule has 0 amide bonds. The van der Waals surface area contributed by atoms with E-state index in [-0.39, 0.29) is 12.0 Å². The minimum Gasteiger partial charge on any atom is -0.481 e. The van der Waals surface area contributed by atoms with Crippen LogP contribution in [-0.2, 0) is 17.8 Å². The van der Waals surface area contributed by atoms with Crippen LogP contribution in [0, 0.1) is 0 Å². The van der Waals surface area contributed by atoms with E-state index in [9.17, 15) is 9.59 Å². The number of carbonyl (C=O) groups is 1. The highest BCUT2D eigenvalue weighted by Gasteiger charge is 2.11. The van der Waals surface area contributed by atoms with Gasteiger partial charge in [-0.3, -0.25) is 13.5 Å². The zero-order valence-electron chi connectivity index (χ0n) is 11.2. The summed E-state index contributed by atoms with van der Waals surface area (Å²) in [6, 6.07) is 14.8. The number of rotatable bonds is 4. The van der Waals surface area contributed by atoms with E-state index >= 15 is 0 Å². The first kappa shape index (κ1) is 13.6. The number of aromatic nitrogens is 1. The van der Waals surface area contributed by atoms with Crippen LogP contribution >= 0.6 is 11.5 Å². The molecule has 0 radical (unpaired) electrons. The summed E-state index contributed by atoms with van der Waals surface area (Å²) in [5.74, 6) is -0.869. The quantitative estimate of drug-likeness (QED) is 0.806. The molecule has 5 heteroatoms. The highest BCUT2D eigenvalue weighted by molar-refractivity contribution is 7.13. The topological polar surface area (TPSA) is 59.3 Å². The van der Waals surface area contributed by atoms with Crippen molar-refractivity contribution in [1.29, 1.82) is 0 Å². The SMILES string of the molecule is O=C(O)Cc1ccccc1Cn1sc2ccccc2c1=O. The van der Waals surface area contributed by atoms with Crippen molar-refractivity contribution in [3.05, 3.63) is 70.0 Å². The molecule has 0 bridgehead atoms. The molecule has 0 saturated carbocycles. The smallest absolute Gasteiger partial charge is 0.307 e. The molecule has 0 unspecified atom stereocenters. The second kappa shape index (κ2) is 5.54. The van der Waals surface area contributed by atoms with Gasteiger partial charge >= 0.3 is 5.97 Å². The van der Waals surface area contributed by atoms with Gasteiger partial charge in [0.2, 0.25) is 0 Å². The van der Waals surface area contributed by atoms with Gasteiger partial charge in [-0.25, -0.2) is 0 Å². The van der Waals surface area contributed by atoms with Crippen LogP contribution in [0.5, 0.6) is 0 Å². The Hall–Kier alpha value is -2.40. The van der Waals surface area contributed by atoms with Gasteiger partial charge in [-0.2, -0.15) is 0 Å². The van der Waals surface area contributed by atoms with E-state index in [0.29, 0.717) is 11.9 Å². The fourth-order valence-corrected chi connectivity index (χ4v) is 3.34. The maximum absolute atomic E-state index is 12.3. The molecule has 3 aromatic rings. The number of nitrogens with zero attached hydrogens (tertiary/aromatic N) is 1. The maximum atomic E-state index is 12.3. The van der Waals surface area contributed by atoms with E-state index in [0.717, 1.165) is 15.8 Å². The van der Waals surface area contributed by atoms with Gasteiger partial charge in [-0.05, 0) is 23.3 Å². The molecule has 4 nitrogen and oxygen atoms in total. The normalized spacial score (nSPS) is 10.9. The zero-order chi connectivity index (χ0) is 14.8. The summed E-state index contributed by atoms with van der Waals surface area (Å²) in [6.07, 6.45) is -0.0319. The van der Waals surface area contributed by atoms with E-state index in [1.54, 1.807) is 10.0 Å². The number of aliphatic carboxylic acids is 1. The lowest BCUT2D eigenvalue weighted by molar-refractivity contribution is -0.136. The van der Waals surface area contributed by atoms with Crippen molar-refractivity contribution in [2.75, 3.05) is 0 Å². The number of fused-ring (bicyclic) bond motifs is 1. The first-order valence-electron chi connectivity index (χ1n) is 6.52. The molecule has 3 rings (SSSR count). The second-order valence-electron chi connectivity index (χ2n) is 4.77. The van der Waals surface area contributed by atoms with Crippen LogP contribution in [0.3, 0.4) is 0 Å². The third kappa shape index (κ3) is 2.73. The molecular weight excluding hydrogens is 286 g/mol. The Morgan fingerprint density at radius 3 is 2.43 bits per heavy atom. The summed E-state index contributed by atoms with van der Waals surface area (Å²) < 4.78 is 2.61. The molecule has 0 atom stereocenters. The largest absolute Gasteiger partial charge is 0.481 e. The Labute approximate surface area is 125 Å². The highest BCUT2D eigenvalue weighted by Crippen LogP contribution is 2.18. The standard InChI is InChI=1S/C16H13NO3S/c18-15(19)9-11-5-1-2-6-12(11)10-17-16(20)13-7-3-4-8-14(13)21-17/h1-8H,9-10H2,(H,18,19). The van der Waals surface area contributed by atoms with Crippen LogP contribution in [0.1, 0.15) is 11.1 Å². The van der Waals surface area contributed by atoms with Gasteiger partial charge in [0.25, 0.3) is 5.56 Å². The molecule has 0 saturated heterocycles. The van der Waals surface area contributed by atoms with Crippen molar-refractivity contribution >= 4 is 27.6 Å². The highest BCUT2D eigenvalue weighted by atomic mass is 32.1. The summed E-state index contributed by atoms with van der Waals surface area (Å²) in [5.41, 5.74) is 1.59. The molecule has 1 heterocycles. The molecule has 0 aliphatic rings. The molecule has 0 fully saturated rings. The molecule has 0 aliphatic heterocycles. The lowest BCUT2D eigenvalue weighted by Crippen LogP contribution is -2.15. The molecule has 0 aliphatic carbocycles. The lowest BCUT2D eigenvalue weighted by atomic mass is 10.0. The Morgan fingerprint density at radius 2 is 1.71 bits per heavy atom. The molecule has 21 heavy (non-hydrogen) atoms. The Bertz CT molecular complexity index is 863. The van der Waals surface area contributed by atoms with Gasteiger partial charge in [0.1, 0.15) is 0 Å². The molecule has 2 aromatic carbocycles. The van der Waals surface area contributed by atoms with Crippen LogP contribution in [-0.4, -0.2) is 15.0 Å². The van der Waals surface area contributed by atoms with Crippen molar-refractivity contribution in [1.82, 2.24) is 3.96 Å². The van der Waals surface area contributed by atoms with E-state index in [1.807, 2.05) is 42.5 Å². The fourth-order valence-electron chi connectivity index (χ4n) is 2.32. The van der Waals surface area contributed by atoms with E-state index in [1.165, 1.54) is 11.5 Å². The van der Waals surface area contributed by atoms with Crippen LogP contribution in [0.15, 0.2) is 53.3 Å². The fraction of sp³-hybridized carbons (Fsp3) is 0.125. The van der Waals surface area contributed by atoms with Crippen LogP contribution < -0.4 is 5.56 Å². The summed E-state index contributed by atoms with van der Waals surface area (Å²) in [7, 11) is 0. The zero-order valence-corrected chi connectivity index (χ0v) is 12.0. The number of benzene rings is 2. The van der Waals surface area contributed by atoms with Gasteiger partial charge in [-0.15, -0.1) is 0 Å². The van der Waals surface area contributed by atoms with Gasteiger partial charge in [0, 0.05) is 0 Å². The lowest BCUT2D eigenvalue weighted by Gasteiger charge is -2.07. The first-order valence-corrected chi connectivity index (χ1v) is 7.30. The minimum absolute atomic E-state index is 0.0271. The van der Waals surface area contributed by atoms with Crippen LogP contribution in [0.25, 0.3) is 10.1 Å². The predicted octanol–water partition coefficient (Wildman–Crippen LogP) is 2.74. The second-order valence-corrected chi connectivity index (χ2v) is 5.83. The summed E-state index contributed by atoms with van der Waals surface area (Å²) in [5, 5.41) is 9.67. The van der Waals surface area contributed by atoms with Gasteiger partial charge in [-0.1, -0.05) is 47.9 Å². The van der Waals surface area contributed by atoms with Gasteiger partial charge in [0.15, 0.2) is 0 Å². The summed E-state index contributed by atoms with van der Waals surface area (Å²) >= 11 is 1.40. The molecular formula is C16H13NO3S. The average molecular weight is 299 g/mol. The molecule has 1 aromatic heterocycles. The summed E-state index contributed by atoms with van der Waals surface area (Å²) in [4.78, 5) is 23.2. The van der Waals surface area contributed by atoms with Crippen molar-refractivity contribution in [2.45, 2.75) is 13.0 Å². The minimum atomic E-state index is -0.869. The van der Waals surface area contributed by atoms with E-state index in [4.69, 9.17) is 5.11 Å². The Morgan fingerprint density at radius 1 is 1.05 bits per heavy atom. The van der Waals surface area contributed by atoms with Crippen molar-refractivity contribution in [3.8, 4) is 0 Å². The van der Waals surface area contributed by atoms with E-state index < -0.39 is 5.97 Å². The van der Waals surface area contributed by atoms with Crippen LogP contribution in [0.4, 0.5) is 0 Å². The molecule has 1 N–H and O–H groups in total. The Kier molecular flexibility index (Phi) is 3.58. The van der Waals surface area contributed by atoms with Crippen molar-refractivity contribution in [2.24, 2.45) is 0 Å². The third-order valence-electron chi connectivity index (χ3n) is 3.33. The number of hydrogen-bond acceptors (Lipinski definition) is 3. The average Bonchev–Trinajstić information content (AvgIpc) is 2.78. The predicted molar refractivity (Wildman–Crippen MR) is 83.0 cm³/mol. The van der Waals surface area contributed by atoms with Crippen LogP contribution in [0.2, 0.25) is 0 Å². The third-order valence-corrected chi connectivity index (χ3v) is 4.39. The number of hydrogen-bond donors (Lipinski definition) is 1.